The van der Waals surface area contributed by atoms with Crippen LogP contribution < -0.4 is 16.2 Å². The van der Waals surface area contributed by atoms with Crippen LogP contribution in [0.4, 0.5) is 11.6 Å². The summed E-state index contributed by atoms with van der Waals surface area (Å²) in [5, 5.41) is 17.0. The van der Waals surface area contributed by atoms with E-state index in [-0.39, 0.29) is 17.0 Å². The fourth-order valence-electron chi connectivity index (χ4n) is 5.51. The maximum atomic E-state index is 13.4. The summed E-state index contributed by atoms with van der Waals surface area (Å²) in [6.07, 6.45) is 7.12. The molecule has 1 aromatic carbocycles. The van der Waals surface area contributed by atoms with Gasteiger partial charge in [-0.3, -0.25) is 4.79 Å². The van der Waals surface area contributed by atoms with Gasteiger partial charge in [-0.15, -0.1) is 0 Å². The number of anilines is 2. The average Bonchev–Trinajstić information content (AvgIpc) is 3.83. The molecule has 1 aliphatic heterocycles. The number of benzene rings is 1. The zero-order valence-corrected chi connectivity index (χ0v) is 20.8. The molecule has 3 aromatic heterocycles. The van der Waals surface area contributed by atoms with Crippen molar-refractivity contribution in [3.63, 3.8) is 0 Å². The summed E-state index contributed by atoms with van der Waals surface area (Å²) in [4.78, 5) is 31.7. The number of hydrogen-bond acceptors (Lipinski definition) is 8. The maximum absolute atomic E-state index is 13.4. The Labute approximate surface area is 213 Å². The van der Waals surface area contributed by atoms with Gasteiger partial charge in [0.2, 0.25) is 5.95 Å². The van der Waals surface area contributed by atoms with Gasteiger partial charge in [0, 0.05) is 48.7 Å². The third kappa shape index (κ3) is 3.38. The number of hydrogen-bond donors (Lipinski definition) is 2. The third-order valence-corrected chi connectivity index (χ3v) is 7.93. The van der Waals surface area contributed by atoms with E-state index in [4.69, 9.17) is 9.97 Å². The van der Waals surface area contributed by atoms with Crippen LogP contribution in [-0.2, 0) is 17.4 Å². The number of nitrogens with zero attached hydrogens (tertiary/aromatic N) is 7. The van der Waals surface area contributed by atoms with Crippen molar-refractivity contribution in [2.45, 2.75) is 62.9 Å². The molecule has 186 valence electrons. The topological polar surface area (TPSA) is 126 Å². The van der Waals surface area contributed by atoms with Crippen molar-refractivity contribution >= 4 is 22.7 Å². The second-order valence-electron chi connectivity index (χ2n) is 10.8. The molecule has 0 unspecified atom stereocenters. The standard InChI is InChI=1S/C27H27N9O/c1-16(2)35-23(37)19-13-31-25(32-18-4-3-17-12-29-15-27(8-9-27)20(17)11-18)34-22(19)36(35)21-5-10-30-24(33-21)26(14-28)6-7-26/h3-5,10-11,13,16,29H,6-9,12,15H2,1-2H3,(H,31,32,34). The summed E-state index contributed by atoms with van der Waals surface area (Å²) in [5.74, 6) is 1.40. The molecule has 3 aliphatic rings. The van der Waals surface area contributed by atoms with Crippen molar-refractivity contribution in [3.8, 4) is 11.9 Å². The summed E-state index contributed by atoms with van der Waals surface area (Å²) < 4.78 is 3.36. The smallest absolute Gasteiger partial charge is 0.278 e. The molecule has 2 fully saturated rings. The molecule has 0 saturated heterocycles. The first-order valence-corrected chi connectivity index (χ1v) is 12.8. The molecule has 0 bridgehead atoms. The Bertz CT molecular complexity index is 1670. The van der Waals surface area contributed by atoms with Crippen molar-refractivity contribution < 1.29 is 0 Å². The van der Waals surface area contributed by atoms with Crippen LogP contribution in [0.1, 0.15) is 62.5 Å². The van der Waals surface area contributed by atoms with Crippen molar-refractivity contribution in [3.05, 3.63) is 64.0 Å². The summed E-state index contributed by atoms with van der Waals surface area (Å²) in [6.45, 7) is 5.80. The Morgan fingerprint density at radius 3 is 2.70 bits per heavy atom. The average molecular weight is 494 g/mol. The van der Waals surface area contributed by atoms with Gasteiger partial charge in [-0.25, -0.2) is 24.3 Å². The number of fused-ring (bicyclic) bond motifs is 3. The van der Waals surface area contributed by atoms with Gasteiger partial charge in [-0.1, -0.05) is 6.07 Å². The molecular weight excluding hydrogens is 466 g/mol. The lowest BCUT2D eigenvalue weighted by Crippen LogP contribution is -2.33. The molecule has 4 heterocycles. The van der Waals surface area contributed by atoms with E-state index in [0.29, 0.717) is 28.6 Å². The minimum absolute atomic E-state index is 0.147. The lowest BCUT2D eigenvalue weighted by atomic mass is 9.88. The molecular formula is C27H27N9O. The van der Waals surface area contributed by atoms with E-state index < -0.39 is 5.41 Å². The van der Waals surface area contributed by atoms with E-state index in [9.17, 15) is 10.1 Å². The Kier molecular flexibility index (Phi) is 4.60. The SMILES string of the molecule is CC(C)n1c(=O)c2cnc(Nc3ccc4c(c3)C3(CC3)CNC4)nc2n1-c1ccnc(C2(C#N)CC2)n1. The summed E-state index contributed by atoms with van der Waals surface area (Å²) in [6, 6.07) is 10.4. The van der Waals surface area contributed by atoms with Gasteiger partial charge in [0.05, 0.1) is 6.07 Å². The van der Waals surface area contributed by atoms with Gasteiger partial charge in [0.15, 0.2) is 17.3 Å². The second-order valence-corrected chi connectivity index (χ2v) is 10.8. The van der Waals surface area contributed by atoms with Gasteiger partial charge < -0.3 is 10.6 Å². The summed E-state index contributed by atoms with van der Waals surface area (Å²) >= 11 is 0. The van der Waals surface area contributed by atoms with E-state index in [1.54, 1.807) is 27.8 Å². The maximum Gasteiger partial charge on any atom is 0.278 e. The number of aromatic nitrogens is 6. The van der Waals surface area contributed by atoms with Crippen LogP contribution in [0.15, 0.2) is 41.5 Å². The van der Waals surface area contributed by atoms with Crippen molar-refractivity contribution in [2.75, 3.05) is 11.9 Å². The number of nitrogens with one attached hydrogen (secondary N) is 2. The Hall–Kier alpha value is -4.10. The quantitative estimate of drug-likeness (QED) is 0.433. The highest BCUT2D eigenvalue weighted by Crippen LogP contribution is 2.51. The molecule has 10 nitrogen and oxygen atoms in total. The van der Waals surface area contributed by atoms with Gasteiger partial charge >= 0.3 is 0 Å². The van der Waals surface area contributed by atoms with Crippen molar-refractivity contribution in [2.24, 2.45) is 0 Å². The molecule has 4 aromatic rings. The van der Waals surface area contributed by atoms with Crippen LogP contribution in [0.25, 0.3) is 16.9 Å². The second kappa shape index (κ2) is 7.70. The zero-order chi connectivity index (χ0) is 25.4. The van der Waals surface area contributed by atoms with Gasteiger partial charge in [0.25, 0.3) is 5.56 Å². The highest BCUT2D eigenvalue weighted by atomic mass is 16.1. The highest BCUT2D eigenvalue weighted by Gasteiger charge is 2.48. The molecule has 1 spiro atoms. The molecule has 2 aliphatic carbocycles. The third-order valence-electron chi connectivity index (χ3n) is 7.93. The summed E-state index contributed by atoms with van der Waals surface area (Å²) in [7, 11) is 0. The minimum atomic E-state index is -0.634. The first kappa shape index (κ1) is 22.1. The number of rotatable bonds is 5. The van der Waals surface area contributed by atoms with E-state index in [0.717, 1.165) is 31.6 Å². The molecule has 2 N–H and O–H groups in total. The highest BCUT2D eigenvalue weighted by molar-refractivity contribution is 5.77. The summed E-state index contributed by atoms with van der Waals surface area (Å²) in [5.41, 5.74) is 3.58. The molecule has 0 atom stereocenters. The lowest BCUT2D eigenvalue weighted by molar-refractivity contribution is 0.470. The van der Waals surface area contributed by atoms with Crippen LogP contribution in [0.2, 0.25) is 0 Å². The largest absolute Gasteiger partial charge is 0.324 e. The van der Waals surface area contributed by atoms with Crippen molar-refractivity contribution in [1.82, 2.24) is 34.6 Å². The normalized spacial score (nSPS) is 18.5. The van der Waals surface area contributed by atoms with Gasteiger partial charge in [0.1, 0.15) is 10.8 Å². The minimum Gasteiger partial charge on any atom is -0.324 e. The van der Waals surface area contributed by atoms with E-state index >= 15 is 0 Å². The molecule has 0 amide bonds. The first-order chi connectivity index (χ1) is 17.9. The predicted molar refractivity (Wildman–Crippen MR) is 138 cm³/mol. The van der Waals surface area contributed by atoms with E-state index in [2.05, 4.69) is 44.9 Å². The van der Waals surface area contributed by atoms with Crippen LogP contribution >= 0.6 is 0 Å². The molecule has 2 saturated carbocycles. The van der Waals surface area contributed by atoms with Crippen LogP contribution in [0.3, 0.4) is 0 Å². The Balaban J connectivity index is 1.33. The van der Waals surface area contributed by atoms with Gasteiger partial charge in [-0.2, -0.15) is 10.2 Å². The first-order valence-electron chi connectivity index (χ1n) is 12.8. The molecule has 7 rings (SSSR count). The van der Waals surface area contributed by atoms with Crippen molar-refractivity contribution in [1.29, 1.82) is 5.26 Å². The van der Waals surface area contributed by atoms with E-state index in [1.165, 1.54) is 24.0 Å². The van der Waals surface area contributed by atoms with Crippen LogP contribution in [-0.4, -0.2) is 35.8 Å². The van der Waals surface area contributed by atoms with E-state index in [1.807, 2.05) is 13.8 Å². The fourth-order valence-corrected chi connectivity index (χ4v) is 5.51. The fraction of sp³-hybridized carbons (Fsp3) is 0.407. The predicted octanol–water partition coefficient (Wildman–Crippen LogP) is 3.39. The monoisotopic (exact) mass is 493 g/mol. The van der Waals surface area contributed by atoms with Gasteiger partial charge in [-0.05, 0) is 62.8 Å². The lowest BCUT2D eigenvalue weighted by Gasteiger charge is -2.26. The number of nitriles is 1. The Morgan fingerprint density at radius 1 is 1.14 bits per heavy atom. The zero-order valence-electron chi connectivity index (χ0n) is 20.8. The molecule has 10 heteroatoms. The molecule has 0 radical (unpaired) electrons. The van der Waals surface area contributed by atoms with Crippen LogP contribution in [0, 0.1) is 11.3 Å². The van der Waals surface area contributed by atoms with Crippen LogP contribution in [0.5, 0.6) is 0 Å². The Morgan fingerprint density at radius 2 is 1.97 bits per heavy atom. The molecule has 37 heavy (non-hydrogen) atoms.